The largest absolute Gasteiger partial charge is 0.330 e. The smallest absolute Gasteiger partial charge is 0.157 e. The van der Waals surface area contributed by atoms with Crippen LogP contribution in [0, 0.1) is 0 Å². The third kappa shape index (κ3) is 2.43. The summed E-state index contributed by atoms with van der Waals surface area (Å²) < 4.78 is 0. The van der Waals surface area contributed by atoms with E-state index in [-0.39, 0.29) is 0 Å². The molecule has 4 rings (SSSR count). The molecule has 0 amide bonds. The van der Waals surface area contributed by atoms with Crippen LogP contribution in [0.25, 0.3) is 22.8 Å². The lowest BCUT2D eigenvalue weighted by molar-refractivity contribution is 0.737. The first kappa shape index (κ1) is 13.5. The summed E-state index contributed by atoms with van der Waals surface area (Å²) in [6.45, 7) is 0. The van der Waals surface area contributed by atoms with Gasteiger partial charge in [0.1, 0.15) is 23.2 Å². The number of nitrogens with one attached hydrogen (secondary N) is 1. The van der Waals surface area contributed by atoms with Gasteiger partial charge in [0.2, 0.25) is 0 Å². The molecule has 0 saturated carbocycles. The molecule has 3 aromatic rings. The molecule has 23 heavy (non-hydrogen) atoms. The number of hydrogen-bond donors (Lipinski definition) is 2. The number of hydrogen-bond acceptors (Lipinski definition) is 7. The van der Waals surface area contributed by atoms with Crippen molar-refractivity contribution in [3.8, 4) is 22.8 Å². The van der Waals surface area contributed by atoms with E-state index in [1.54, 1.807) is 12.4 Å². The number of anilines is 1. The summed E-state index contributed by atoms with van der Waals surface area (Å²) in [4.78, 5) is 22.2. The van der Waals surface area contributed by atoms with E-state index in [4.69, 9.17) is 5.73 Å². The Kier molecular flexibility index (Phi) is 3.25. The first-order chi connectivity index (χ1) is 11.3. The van der Waals surface area contributed by atoms with Gasteiger partial charge in [-0.1, -0.05) is 12.1 Å². The number of fused-ring (bicyclic) bond motifs is 1. The van der Waals surface area contributed by atoms with E-state index >= 15 is 0 Å². The molecule has 4 heterocycles. The number of rotatable bonds is 2. The minimum absolute atomic E-state index is 0.543. The van der Waals surface area contributed by atoms with E-state index in [9.17, 15) is 0 Å². The highest BCUT2D eigenvalue weighted by Gasteiger charge is 2.22. The molecule has 0 saturated heterocycles. The summed E-state index contributed by atoms with van der Waals surface area (Å²) in [5.74, 6) is 0.591. The molecule has 7 nitrogen and oxygen atoms in total. The highest BCUT2D eigenvalue weighted by Crippen LogP contribution is 2.31. The van der Waals surface area contributed by atoms with Gasteiger partial charge in [0.25, 0.3) is 0 Å². The molecule has 0 aliphatic carbocycles. The molecule has 1 atom stereocenters. The Labute approximate surface area is 132 Å². The Morgan fingerprint density at radius 1 is 0.870 bits per heavy atom. The van der Waals surface area contributed by atoms with E-state index in [0.717, 1.165) is 5.69 Å². The number of nitrogens with two attached hydrogens (primary N) is 1. The second-order valence-electron chi connectivity index (χ2n) is 4.95. The first-order valence-corrected chi connectivity index (χ1v) is 7.11. The van der Waals surface area contributed by atoms with Crippen molar-refractivity contribution in [2.75, 3.05) is 5.32 Å². The molecule has 0 bridgehead atoms. The molecular weight excluding hydrogens is 290 g/mol. The van der Waals surface area contributed by atoms with E-state index in [2.05, 4.69) is 30.2 Å². The normalized spacial score (nSPS) is 15.8. The average molecular weight is 303 g/mol. The molecule has 0 radical (unpaired) electrons. The SMILES string of the molecule is NC1N=CNc2nc(-c3ccccn3)c(-c3ccccn3)nc21. The fourth-order valence-electron chi connectivity index (χ4n) is 2.37. The van der Waals surface area contributed by atoms with E-state index < -0.39 is 6.17 Å². The van der Waals surface area contributed by atoms with Crippen molar-refractivity contribution >= 4 is 12.2 Å². The van der Waals surface area contributed by atoms with Crippen molar-refractivity contribution in [3.05, 3.63) is 54.5 Å². The van der Waals surface area contributed by atoms with Gasteiger partial charge in [0.15, 0.2) is 5.82 Å². The van der Waals surface area contributed by atoms with E-state index in [1.807, 2.05) is 36.4 Å². The van der Waals surface area contributed by atoms with Crippen molar-refractivity contribution in [2.24, 2.45) is 10.7 Å². The number of aromatic nitrogens is 4. The van der Waals surface area contributed by atoms with E-state index in [0.29, 0.717) is 28.6 Å². The Morgan fingerprint density at radius 2 is 1.52 bits per heavy atom. The molecule has 0 spiro atoms. The van der Waals surface area contributed by atoms with Gasteiger partial charge in [-0.2, -0.15) is 0 Å². The van der Waals surface area contributed by atoms with Crippen LogP contribution in [-0.2, 0) is 0 Å². The van der Waals surface area contributed by atoms with Crippen LogP contribution in [0.2, 0.25) is 0 Å². The van der Waals surface area contributed by atoms with Gasteiger partial charge in [-0.05, 0) is 24.3 Å². The van der Waals surface area contributed by atoms with Crippen LogP contribution in [0.3, 0.4) is 0 Å². The van der Waals surface area contributed by atoms with Crippen molar-refractivity contribution in [1.29, 1.82) is 0 Å². The lowest BCUT2D eigenvalue weighted by Gasteiger charge is -2.18. The van der Waals surface area contributed by atoms with Crippen LogP contribution in [-0.4, -0.2) is 26.3 Å². The summed E-state index contributed by atoms with van der Waals surface area (Å²) in [5.41, 5.74) is 9.32. The number of aliphatic imine (C=N–C) groups is 1. The molecule has 3 N–H and O–H groups in total. The predicted molar refractivity (Wildman–Crippen MR) is 87.5 cm³/mol. The van der Waals surface area contributed by atoms with Crippen LogP contribution in [0.4, 0.5) is 5.82 Å². The third-order valence-corrected chi connectivity index (χ3v) is 3.45. The van der Waals surface area contributed by atoms with Gasteiger partial charge in [-0.25, -0.2) is 9.97 Å². The van der Waals surface area contributed by atoms with Gasteiger partial charge in [0.05, 0.1) is 17.7 Å². The van der Waals surface area contributed by atoms with Gasteiger partial charge in [-0.3, -0.25) is 15.0 Å². The van der Waals surface area contributed by atoms with Gasteiger partial charge >= 0.3 is 0 Å². The second kappa shape index (κ2) is 5.54. The predicted octanol–water partition coefficient (Wildman–Crippen LogP) is 2.01. The molecule has 1 aliphatic heterocycles. The van der Waals surface area contributed by atoms with Gasteiger partial charge in [0, 0.05) is 12.4 Å². The summed E-state index contributed by atoms with van der Waals surface area (Å²) in [6.07, 6.45) is 4.43. The zero-order valence-electron chi connectivity index (χ0n) is 12.1. The fourth-order valence-corrected chi connectivity index (χ4v) is 2.37. The third-order valence-electron chi connectivity index (χ3n) is 3.45. The number of pyridine rings is 2. The zero-order chi connectivity index (χ0) is 15.6. The summed E-state index contributed by atoms with van der Waals surface area (Å²) in [6, 6.07) is 11.3. The molecule has 1 aliphatic rings. The molecule has 1 unspecified atom stereocenters. The maximum atomic E-state index is 6.01. The van der Waals surface area contributed by atoms with Crippen LogP contribution in [0.5, 0.6) is 0 Å². The minimum Gasteiger partial charge on any atom is -0.330 e. The monoisotopic (exact) mass is 303 g/mol. The number of nitrogens with zero attached hydrogens (tertiary/aromatic N) is 5. The first-order valence-electron chi connectivity index (χ1n) is 7.11. The van der Waals surface area contributed by atoms with Crippen molar-refractivity contribution < 1.29 is 0 Å². The Bertz CT molecular complexity index is 862. The van der Waals surface area contributed by atoms with Crippen molar-refractivity contribution in [2.45, 2.75) is 6.17 Å². The van der Waals surface area contributed by atoms with Crippen LogP contribution in [0.1, 0.15) is 11.9 Å². The molecule has 0 fully saturated rings. The highest BCUT2D eigenvalue weighted by atomic mass is 15.1. The highest BCUT2D eigenvalue weighted by molar-refractivity contribution is 5.82. The maximum absolute atomic E-state index is 6.01. The van der Waals surface area contributed by atoms with Crippen molar-refractivity contribution in [3.63, 3.8) is 0 Å². The Morgan fingerprint density at radius 3 is 2.13 bits per heavy atom. The molecule has 3 aromatic heterocycles. The lowest BCUT2D eigenvalue weighted by Crippen LogP contribution is -2.20. The fraction of sp³-hybridized carbons (Fsp3) is 0.0625. The standard InChI is InChI=1S/C16H13N7/c17-15-14-16(21-9-20-15)23-13(11-6-2-4-8-19-11)12(22-14)10-5-1-3-7-18-10/h1-9,15H,17H2,(H,20,21,23). The Hall–Kier alpha value is -3.19. The van der Waals surface area contributed by atoms with Crippen LogP contribution in [0.15, 0.2) is 53.8 Å². The zero-order valence-corrected chi connectivity index (χ0v) is 12.1. The maximum Gasteiger partial charge on any atom is 0.157 e. The molecule has 0 aromatic carbocycles. The topological polar surface area (TPSA) is 102 Å². The Balaban J connectivity index is 1.97. The van der Waals surface area contributed by atoms with Crippen molar-refractivity contribution in [1.82, 2.24) is 19.9 Å². The minimum atomic E-state index is -0.543. The molecule has 7 heteroatoms. The lowest BCUT2D eigenvalue weighted by atomic mass is 10.1. The molecule has 112 valence electrons. The summed E-state index contributed by atoms with van der Waals surface area (Å²) in [5, 5.41) is 2.99. The van der Waals surface area contributed by atoms with Gasteiger partial charge in [-0.15, -0.1) is 0 Å². The van der Waals surface area contributed by atoms with Gasteiger partial charge < -0.3 is 11.1 Å². The van der Waals surface area contributed by atoms with Crippen LogP contribution < -0.4 is 11.1 Å². The summed E-state index contributed by atoms with van der Waals surface area (Å²) in [7, 11) is 0. The molecular formula is C16H13N7. The average Bonchev–Trinajstić information content (AvgIpc) is 2.63. The summed E-state index contributed by atoms with van der Waals surface area (Å²) >= 11 is 0. The van der Waals surface area contributed by atoms with Crippen LogP contribution >= 0.6 is 0 Å². The quantitative estimate of drug-likeness (QED) is 0.751. The second-order valence-corrected chi connectivity index (χ2v) is 4.95. The van der Waals surface area contributed by atoms with E-state index in [1.165, 1.54) is 6.34 Å².